The lowest BCUT2D eigenvalue weighted by Crippen LogP contribution is -2.29. The van der Waals surface area contributed by atoms with E-state index >= 15 is 0 Å². The summed E-state index contributed by atoms with van der Waals surface area (Å²) in [4.78, 5) is 0. The van der Waals surface area contributed by atoms with Gasteiger partial charge in [0.25, 0.3) is 0 Å². The predicted octanol–water partition coefficient (Wildman–Crippen LogP) is -0.269. The maximum atomic E-state index is 9.18. The molecule has 1 atom stereocenters. The Morgan fingerprint density at radius 2 is 1.57 bits per heavy atom. The Morgan fingerprint density at radius 3 is 2.14 bits per heavy atom. The molecule has 2 fully saturated rings. The van der Waals surface area contributed by atoms with Crippen LogP contribution >= 0.6 is 0 Å². The van der Waals surface area contributed by atoms with Gasteiger partial charge < -0.3 is 24.1 Å². The molecule has 1 N–H and O–H groups in total. The monoisotopic (exact) mass is 204 g/mol. The molecule has 0 bridgehead atoms. The first kappa shape index (κ1) is 10.3. The molecule has 0 amide bonds. The second kappa shape index (κ2) is 5.04. The molecule has 0 saturated carbocycles. The quantitative estimate of drug-likeness (QED) is 0.683. The second-order valence-corrected chi connectivity index (χ2v) is 3.46. The van der Waals surface area contributed by atoms with Gasteiger partial charge in [0.15, 0.2) is 12.6 Å². The van der Waals surface area contributed by atoms with E-state index in [9.17, 15) is 5.11 Å². The maximum Gasteiger partial charge on any atom is 0.162 e. The van der Waals surface area contributed by atoms with Gasteiger partial charge in [-0.1, -0.05) is 0 Å². The molecule has 82 valence electrons. The number of hydrogen-bond acceptors (Lipinski definition) is 5. The molecule has 2 heterocycles. The smallest absolute Gasteiger partial charge is 0.162 e. The second-order valence-electron chi connectivity index (χ2n) is 3.46. The van der Waals surface area contributed by atoms with E-state index in [1.54, 1.807) is 0 Å². The molecule has 2 saturated heterocycles. The van der Waals surface area contributed by atoms with Crippen LogP contribution in [0.1, 0.15) is 6.42 Å². The summed E-state index contributed by atoms with van der Waals surface area (Å²) in [6.45, 7) is 2.51. The molecule has 14 heavy (non-hydrogen) atoms. The van der Waals surface area contributed by atoms with Gasteiger partial charge in [-0.05, 0) is 0 Å². The van der Waals surface area contributed by atoms with E-state index in [0.29, 0.717) is 32.8 Å². The normalized spacial score (nSPS) is 27.2. The van der Waals surface area contributed by atoms with Crippen molar-refractivity contribution in [3.8, 4) is 0 Å². The Hall–Kier alpha value is -0.200. The Kier molecular flexibility index (Phi) is 3.72. The Morgan fingerprint density at radius 1 is 1.00 bits per heavy atom. The molecule has 1 unspecified atom stereocenters. The van der Waals surface area contributed by atoms with Gasteiger partial charge in [0.1, 0.15) is 0 Å². The summed E-state index contributed by atoms with van der Waals surface area (Å²) in [6.07, 6.45) is 0.119. The number of hydrogen-bond donors (Lipinski definition) is 1. The highest BCUT2D eigenvalue weighted by Gasteiger charge is 2.30. The van der Waals surface area contributed by atoms with E-state index in [1.165, 1.54) is 0 Å². The highest BCUT2D eigenvalue weighted by molar-refractivity contribution is 4.68. The highest BCUT2D eigenvalue weighted by Crippen LogP contribution is 2.22. The van der Waals surface area contributed by atoms with Crippen molar-refractivity contribution < 1.29 is 24.1 Å². The standard InChI is InChI=1S/C9H16O5/c10-6-7(9-13-3-4-14-9)5-8-11-1-2-12-8/h7-10H,1-6H2. The molecule has 0 aromatic rings. The van der Waals surface area contributed by atoms with E-state index in [4.69, 9.17) is 18.9 Å². The maximum absolute atomic E-state index is 9.18. The van der Waals surface area contributed by atoms with Crippen LogP contribution in [-0.4, -0.2) is 50.7 Å². The van der Waals surface area contributed by atoms with E-state index in [1.807, 2.05) is 0 Å². The van der Waals surface area contributed by atoms with Crippen molar-refractivity contribution in [2.75, 3.05) is 33.0 Å². The van der Waals surface area contributed by atoms with E-state index < -0.39 is 0 Å². The van der Waals surface area contributed by atoms with Crippen LogP contribution < -0.4 is 0 Å². The fourth-order valence-electron chi connectivity index (χ4n) is 1.71. The minimum absolute atomic E-state index is 0.0356. The van der Waals surface area contributed by atoms with Crippen molar-refractivity contribution in [1.82, 2.24) is 0 Å². The Balaban J connectivity index is 1.79. The third kappa shape index (κ3) is 2.43. The minimum atomic E-state index is -0.298. The zero-order valence-electron chi connectivity index (χ0n) is 8.05. The molecular formula is C9H16O5. The lowest BCUT2D eigenvalue weighted by Gasteiger charge is -2.22. The van der Waals surface area contributed by atoms with Crippen LogP contribution in [0.4, 0.5) is 0 Å². The summed E-state index contributed by atoms with van der Waals surface area (Å²) in [5.41, 5.74) is 0. The average molecular weight is 204 g/mol. The van der Waals surface area contributed by atoms with Crippen molar-refractivity contribution in [3.05, 3.63) is 0 Å². The molecule has 0 aliphatic carbocycles. The van der Waals surface area contributed by atoms with Gasteiger partial charge in [-0.25, -0.2) is 0 Å². The molecule has 2 aliphatic heterocycles. The number of aliphatic hydroxyl groups is 1. The van der Waals surface area contributed by atoms with Crippen LogP contribution in [0.2, 0.25) is 0 Å². The number of rotatable bonds is 4. The van der Waals surface area contributed by atoms with Gasteiger partial charge in [0, 0.05) is 12.3 Å². The number of aliphatic hydroxyl groups excluding tert-OH is 1. The van der Waals surface area contributed by atoms with E-state index in [2.05, 4.69) is 0 Å². The van der Waals surface area contributed by atoms with Crippen LogP contribution in [0.15, 0.2) is 0 Å². The highest BCUT2D eigenvalue weighted by atomic mass is 16.7. The number of ether oxygens (including phenoxy) is 4. The zero-order chi connectivity index (χ0) is 9.80. The minimum Gasteiger partial charge on any atom is -0.396 e. The van der Waals surface area contributed by atoms with Crippen molar-refractivity contribution in [2.45, 2.75) is 19.0 Å². The molecule has 0 aromatic heterocycles. The van der Waals surface area contributed by atoms with Crippen LogP contribution in [0, 0.1) is 5.92 Å². The average Bonchev–Trinajstić information content (AvgIpc) is 2.86. The lowest BCUT2D eigenvalue weighted by molar-refractivity contribution is -0.131. The van der Waals surface area contributed by atoms with Crippen LogP contribution in [0.3, 0.4) is 0 Å². The van der Waals surface area contributed by atoms with E-state index in [0.717, 1.165) is 0 Å². The summed E-state index contributed by atoms with van der Waals surface area (Å²) >= 11 is 0. The molecular weight excluding hydrogens is 188 g/mol. The van der Waals surface area contributed by atoms with Gasteiger partial charge in [-0.3, -0.25) is 0 Å². The molecule has 0 aromatic carbocycles. The largest absolute Gasteiger partial charge is 0.396 e. The Labute approximate surface area is 82.9 Å². The summed E-state index contributed by atoms with van der Waals surface area (Å²) in [6, 6.07) is 0. The summed E-state index contributed by atoms with van der Waals surface area (Å²) in [7, 11) is 0. The SMILES string of the molecule is OCC(CC1OCCO1)C1OCCO1. The topological polar surface area (TPSA) is 57.2 Å². The first-order valence-corrected chi connectivity index (χ1v) is 4.97. The lowest BCUT2D eigenvalue weighted by atomic mass is 10.1. The van der Waals surface area contributed by atoms with Gasteiger partial charge in [-0.2, -0.15) is 0 Å². The molecule has 5 nitrogen and oxygen atoms in total. The summed E-state index contributed by atoms with van der Waals surface area (Å²) in [5.74, 6) is -0.0550. The molecule has 2 aliphatic rings. The predicted molar refractivity (Wildman–Crippen MR) is 46.6 cm³/mol. The fraction of sp³-hybridized carbons (Fsp3) is 1.00. The van der Waals surface area contributed by atoms with Crippen molar-refractivity contribution in [2.24, 2.45) is 5.92 Å². The molecule has 5 heteroatoms. The Bertz CT molecular complexity index is 163. The van der Waals surface area contributed by atoms with Crippen LogP contribution in [0.5, 0.6) is 0 Å². The fourth-order valence-corrected chi connectivity index (χ4v) is 1.71. The van der Waals surface area contributed by atoms with Gasteiger partial charge in [0.2, 0.25) is 0 Å². The van der Waals surface area contributed by atoms with Crippen molar-refractivity contribution >= 4 is 0 Å². The first-order valence-electron chi connectivity index (χ1n) is 4.97. The molecule has 0 radical (unpaired) electrons. The van der Waals surface area contributed by atoms with Crippen LogP contribution in [0.25, 0.3) is 0 Å². The first-order chi connectivity index (χ1) is 6.90. The molecule has 0 spiro atoms. The van der Waals surface area contributed by atoms with Gasteiger partial charge in [0.05, 0.1) is 33.0 Å². The van der Waals surface area contributed by atoms with Crippen molar-refractivity contribution in [3.63, 3.8) is 0 Å². The third-order valence-electron chi connectivity index (χ3n) is 2.45. The van der Waals surface area contributed by atoms with Gasteiger partial charge >= 0.3 is 0 Å². The van der Waals surface area contributed by atoms with Crippen LogP contribution in [-0.2, 0) is 18.9 Å². The summed E-state index contributed by atoms with van der Waals surface area (Å²) in [5, 5.41) is 9.18. The summed E-state index contributed by atoms with van der Waals surface area (Å²) < 4.78 is 21.2. The van der Waals surface area contributed by atoms with Crippen molar-refractivity contribution in [1.29, 1.82) is 0 Å². The van der Waals surface area contributed by atoms with Gasteiger partial charge in [-0.15, -0.1) is 0 Å². The van der Waals surface area contributed by atoms with E-state index in [-0.39, 0.29) is 25.1 Å². The zero-order valence-corrected chi connectivity index (χ0v) is 8.05. The third-order valence-corrected chi connectivity index (χ3v) is 2.45. The molecule has 2 rings (SSSR count).